The Bertz CT molecular complexity index is 743. The summed E-state index contributed by atoms with van der Waals surface area (Å²) in [5, 5.41) is 20.4. The van der Waals surface area contributed by atoms with E-state index in [1.165, 1.54) is 5.56 Å². The van der Waals surface area contributed by atoms with Gasteiger partial charge in [0.15, 0.2) is 0 Å². The second-order valence-corrected chi connectivity index (χ2v) is 7.66. The zero-order valence-electron chi connectivity index (χ0n) is 16.0. The lowest BCUT2D eigenvalue weighted by Crippen LogP contribution is -2.52. The minimum Gasteiger partial charge on any atom is -0.441 e. The Labute approximate surface area is 155 Å². The average molecular weight is 358 g/mol. The summed E-state index contributed by atoms with van der Waals surface area (Å²) in [7, 11) is 0. The van der Waals surface area contributed by atoms with E-state index in [2.05, 4.69) is 30.9 Å². The fourth-order valence-corrected chi connectivity index (χ4v) is 3.96. The first-order valence-electron chi connectivity index (χ1n) is 9.52. The lowest BCUT2D eigenvalue weighted by Gasteiger charge is -2.44. The molecule has 0 aliphatic carbocycles. The molecule has 2 N–H and O–H groups in total. The predicted octanol–water partition coefficient (Wildman–Crippen LogP) is 3.30. The monoisotopic (exact) mass is 358 g/mol. The Kier molecular flexibility index (Phi) is 5.80. The standard InChI is InChI=1S/C21H30N2O3/c1-4-8-21(14-24)9-10-23(13-19(21)25)12-18-16(3)26-20(22-18)17-7-5-6-15(2)11-17/h5-7,11,19,24-25H,4,8-10,12-14H2,1-3H3/t19-,21+/m0/s1. The van der Waals surface area contributed by atoms with Crippen molar-refractivity contribution in [3.05, 3.63) is 41.3 Å². The number of aromatic nitrogens is 1. The Morgan fingerprint density at radius 3 is 2.81 bits per heavy atom. The van der Waals surface area contributed by atoms with Gasteiger partial charge in [-0.25, -0.2) is 4.98 Å². The molecule has 1 aliphatic rings. The maximum absolute atomic E-state index is 10.6. The van der Waals surface area contributed by atoms with Gasteiger partial charge in [-0.1, -0.05) is 31.0 Å². The Hall–Kier alpha value is -1.69. The number of β-amino-alcohol motifs (C(OH)–C–C–N with tert-alkyl or cyclic N) is 1. The maximum atomic E-state index is 10.6. The van der Waals surface area contributed by atoms with Crippen molar-refractivity contribution in [2.75, 3.05) is 19.7 Å². The highest BCUT2D eigenvalue weighted by Crippen LogP contribution is 2.36. The Morgan fingerprint density at radius 1 is 1.35 bits per heavy atom. The molecule has 0 saturated carbocycles. The van der Waals surface area contributed by atoms with Gasteiger partial charge in [0.1, 0.15) is 5.76 Å². The number of aryl methyl sites for hydroxylation is 2. The molecule has 1 fully saturated rings. The minimum absolute atomic E-state index is 0.0519. The summed E-state index contributed by atoms with van der Waals surface area (Å²) in [5.41, 5.74) is 2.73. The van der Waals surface area contributed by atoms with Crippen LogP contribution in [0.5, 0.6) is 0 Å². The summed E-state index contributed by atoms with van der Waals surface area (Å²) >= 11 is 0. The van der Waals surface area contributed by atoms with Crippen LogP contribution in [0.2, 0.25) is 0 Å². The van der Waals surface area contributed by atoms with Gasteiger partial charge < -0.3 is 14.6 Å². The topological polar surface area (TPSA) is 69.7 Å². The molecule has 0 amide bonds. The maximum Gasteiger partial charge on any atom is 0.226 e. The number of piperidine rings is 1. The first kappa shape index (κ1) is 19.1. The fraction of sp³-hybridized carbons (Fsp3) is 0.571. The minimum atomic E-state index is -0.510. The third-order valence-electron chi connectivity index (χ3n) is 5.66. The predicted molar refractivity (Wildman–Crippen MR) is 102 cm³/mol. The molecule has 1 aliphatic heterocycles. The number of rotatable bonds is 6. The molecule has 2 aromatic rings. The van der Waals surface area contributed by atoms with Gasteiger partial charge in [-0.05, 0) is 45.4 Å². The van der Waals surface area contributed by atoms with Crippen LogP contribution in [0.25, 0.3) is 11.5 Å². The number of likely N-dealkylation sites (tertiary alicyclic amines) is 1. The molecule has 142 valence electrons. The van der Waals surface area contributed by atoms with Crippen LogP contribution >= 0.6 is 0 Å². The number of nitrogens with zero attached hydrogens (tertiary/aromatic N) is 2. The quantitative estimate of drug-likeness (QED) is 0.829. The van der Waals surface area contributed by atoms with Crippen molar-refractivity contribution in [1.29, 1.82) is 0 Å². The van der Waals surface area contributed by atoms with Crippen molar-refractivity contribution in [2.24, 2.45) is 5.41 Å². The van der Waals surface area contributed by atoms with Gasteiger partial charge in [-0.2, -0.15) is 0 Å². The Balaban J connectivity index is 1.71. The van der Waals surface area contributed by atoms with E-state index in [1.54, 1.807) is 0 Å². The molecule has 0 bridgehead atoms. The smallest absolute Gasteiger partial charge is 0.226 e. The first-order valence-corrected chi connectivity index (χ1v) is 9.52. The van der Waals surface area contributed by atoms with Crippen LogP contribution in [0, 0.1) is 19.3 Å². The van der Waals surface area contributed by atoms with Crippen LogP contribution in [-0.4, -0.2) is 45.9 Å². The average Bonchev–Trinajstić information content (AvgIpc) is 2.98. The third kappa shape index (κ3) is 3.85. The zero-order chi connectivity index (χ0) is 18.7. The van der Waals surface area contributed by atoms with Gasteiger partial charge in [0.2, 0.25) is 5.89 Å². The molecular formula is C21H30N2O3. The summed E-state index contributed by atoms with van der Waals surface area (Å²) < 4.78 is 5.88. The lowest BCUT2D eigenvalue weighted by molar-refractivity contribution is -0.0805. The molecule has 0 radical (unpaired) electrons. The molecule has 2 heterocycles. The van der Waals surface area contributed by atoms with E-state index in [0.29, 0.717) is 19.0 Å². The van der Waals surface area contributed by atoms with E-state index < -0.39 is 6.10 Å². The highest BCUT2D eigenvalue weighted by atomic mass is 16.4. The van der Waals surface area contributed by atoms with E-state index in [9.17, 15) is 10.2 Å². The summed E-state index contributed by atoms with van der Waals surface area (Å²) in [6.07, 6.45) is 2.13. The van der Waals surface area contributed by atoms with E-state index in [-0.39, 0.29) is 12.0 Å². The molecule has 0 unspecified atom stereocenters. The molecule has 1 saturated heterocycles. The highest BCUT2D eigenvalue weighted by Gasteiger charge is 2.41. The second kappa shape index (κ2) is 7.91. The van der Waals surface area contributed by atoms with Gasteiger partial charge in [0.25, 0.3) is 0 Å². The highest BCUT2D eigenvalue weighted by molar-refractivity contribution is 5.54. The van der Waals surface area contributed by atoms with Crippen LogP contribution in [0.1, 0.15) is 43.2 Å². The number of aliphatic hydroxyl groups excluding tert-OH is 2. The van der Waals surface area contributed by atoms with Crippen LogP contribution in [-0.2, 0) is 6.54 Å². The molecule has 2 atom stereocenters. The van der Waals surface area contributed by atoms with Gasteiger partial charge in [0, 0.05) is 24.1 Å². The van der Waals surface area contributed by atoms with E-state index in [4.69, 9.17) is 9.40 Å². The number of oxazole rings is 1. The zero-order valence-corrected chi connectivity index (χ0v) is 16.0. The number of aliphatic hydroxyl groups is 2. The van der Waals surface area contributed by atoms with Crippen molar-refractivity contribution < 1.29 is 14.6 Å². The van der Waals surface area contributed by atoms with Gasteiger partial charge in [0.05, 0.1) is 18.4 Å². The first-order chi connectivity index (χ1) is 12.5. The lowest BCUT2D eigenvalue weighted by atomic mass is 9.73. The van der Waals surface area contributed by atoms with Crippen molar-refractivity contribution >= 4 is 0 Å². The Morgan fingerprint density at radius 2 is 2.15 bits per heavy atom. The molecule has 5 heteroatoms. The van der Waals surface area contributed by atoms with E-state index in [0.717, 1.165) is 42.8 Å². The molecular weight excluding hydrogens is 328 g/mol. The van der Waals surface area contributed by atoms with Gasteiger partial charge in [-0.15, -0.1) is 0 Å². The molecule has 1 aromatic carbocycles. The van der Waals surface area contributed by atoms with Crippen molar-refractivity contribution in [2.45, 2.75) is 52.7 Å². The van der Waals surface area contributed by atoms with Crippen LogP contribution in [0.15, 0.2) is 28.7 Å². The van der Waals surface area contributed by atoms with Crippen LogP contribution < -0.4 is 0 Å². The van der Waals surface area contributed by atoms with Crippen molar-refractivity contribution in [1.82, 2.24) is 9.88 Å². The van der Waals surface area contributed by atoms with Gasteiger partial charge >= 0.3 is 0 Å². The third-order valence-corrected chi connectivity index (χ3v) is 5.66. The van der Waals surface area contributed by atoms with Crippen LogP contribution in [0.4, 0.5) is 0 Å². The summed E-state index contributed by atoms with van der Waals surface area (Å²) in [4.78, 5) is 6.90. The summed E-state index contributed by atoms with van der Waals surface area (Å²) in [6.45, 7) is 8.22. The molecule has 3 rings (SSSR count). The van der Waals surface area contributed by atoms with Crippen molar-refractivity contribution in [3.63, 3.8) is 0 Å². The summed E-state index contributed by atoms with van der Waals surface area (Å²) in [5.74, 6) is 1.47. The number of hydrogen-bond acceptors (Lipinski definition) is 5. The van der Waals surface area contributed by atoms with E-state index in [1.807, 2.05) is 19.1 Å². The number of benzene rings is 1. The SMILES string of the molecule is CCC[C@]1(CO)CCN(Cc2nc(-c3cccc(C)c3)oc2C)C[C@@H]1O. The van der Waals surface area contributed by atoms with Gasteiger partial charge in [-0.3, -0.25) is 4.90 Å². The van der Waals surface area contributed by atoms with Crippen molar-refractivity contribution in [3.8, 4) is 11.5 Å². The van der Waals surface area contributed by atoms with Crippen LogP contribution in [0.3, 0.4) is 0 Å². The molecule has 26 heavy (non-hydrogen) atoms. The number of hydrogen-bond donors (Lipinski definition) is 2. The summed E-state index contributed by atoms with van der Waals surface area (Å²) in [6, 6.07) is 8.14. The molecule has 5 nitrogen and oxygen atoms in total. The molecule has 1 aromatic heterocycles. The largest absolute Gasteiger partial charge is 0.441 e. The normalized spacial score (nSPS) is 24.1. The fourth-order valence-electron chi connectivity index (χ4n) is 3.96. The second-order valence-electron chi connectivity index (χ2n) is 7.66. The van der Waals surface area contributed by atoms with E-state index >= 15 is 0 Å². The molecule has 0 spiro atoms.